The molecule has 5 nitrogen and oxygen atoms in total. The number of esters is 1. The van der Waals surface area contributed by atoms with E-state index in [1.165, 1.54) is 17.7 Å². The van der Waals surface area contributed by atoms with Crippen molar-refractivity contribution >= 4 is 23.2 Å². The molecule has 1 aromatic heterocycles. The largest absolute Gasteiger partial charge is 0.460 e. The average Bonchev–Trinajstić information content (AvgIpc) is 3.24. The maximum absolute atomic E-state index is 12.8. The number of thiophene rings is 1. The van der Waals surface area contributed by atoms with E-state index in [2.05, 4.69) is 5.32 Å². The summed E-state index contributed by atoms with van der Waals surface area (Å²) in [4.78, 5) is 27.1. The molecule has 1 aromatic rings. The highest BCUT2D eigenvalue weighted by Crippen LogP contribution is 2.35. The number of aryl methyl sites for hydroxylation is 1. The van der Waals surface area contributed by atoms with E-state index in [-0.39, 0.29) is 24.3 Å². The van der Waals surface area contributed by atoms with Gasteiger partial charge in [-0.1, -0.05) is 0 Å². The molecule has 1 fully saturated rings. The standard InChI is InChI=1S/C19H28N2O3S/c1-19(2,3)24-16(22)9-15-17(18(23)21-10-11-4-5-11)13-8-12(20)6-7-14(13)25-15/h11-12H,4-10,20H2,1-3H3,(H,21,23)/t12-/m0/s1. The molecule has 1 heterocycles. The summed E-state index contributed by atoms with van der Waals surface area (Å²) in [5.41, 5.74) is 7.34. The number of hydrogen-bond donors (Lipinski definition) is 2. The molecule has 0 bridgehead atoms. The van der Waals surface area contributed by atoms with Gasteiger partial charge in [-0.25, -0.2) is 0 Å². The number of nitrogens with two attached hydrogens (primary N) is 1. The Labute approximate surface area is 153 Å². The fourth-order valence-electron chi connectivity index (χ4n) is 3.21. The lowest BCUT2D eigenvalue weighted by Gasteiger charge is -2.20. The van der Waals surface area contributed by atoms with Crippen LogP contribution in [-0.4, -0.2) is 30.1 Å². The summed E-state index contributed by atoms with van der Waals surface area (Å²) in [6, 6.07) is 0.0893. The SMILES string of the molecule is CC(C)(C)OC(=O)Cc1sc2c(c1C(=O)NCC1CC1)C[C@@H](N)CC2. The molecular formula is C19H28N2O3S. The smallest absolute Gasteiger partial charge is 0.311 e. The number of hydrogen-bond acceptors (Lipinski definition) is 5. The second-order valence-corrected chi connectivity index (χ2v) is 9.41. The molecule has 6 heteroatoms. The van der Waals surface area contributed by atoms with Crippen molar-refractivity contribution in [2.24, 2.45) is 11.7 Å². The molecule has 3 rings (SSSR count). The van der Waals surface area contributed by atoms with E-state index in [0.29, 0.717) is 17.9 Å². The minimum atomic E-state index is -0.523. The summed E-state index contributed by atoms with van der Waals surface area (Å²) in [7, 11) is 0. The van der Waals surface area contributed by atoms with Crippen molar-refractivity contribution in [1.29, 1.82) is 0 Å². The van der Waals surface area contributed by atoms with E-state index < -0.39 is 5.60 Å². The van der Waals surface area contributed by atoms with Gasteiger partial charge in [0.05, 0.1) is 12.0 Å². The van der Waals surface area contributed by atoms with Crippen LogP contribution in [0.3, 0.4) is 0 Å². The highest BCUT2D eigenvalue weighted by molar-refractivity contribution is 7.12. The highest BCUT2D eigenvalue weighted by Gasteiger charge is 2.30. The first-order valence-corrected chi connectivity index (χ1v) is 9.93. The van der Waals surface area contributed by atoms with Gasteiger partial charge in [0.15, 0.2) is 0 Å². The first kappa shape index (κ1) is 18.4. The summed E-state index contributed by atoms with van der Waals surface area (Å²) < 4.78 is 5.45. The summed E-state index contributed by atoms with van der Waals surface area (Å²) in [5.74, 6) is 0.277. The molecule has 25 heavy (non-hydrogen) atoms. The normalized spacial score (nSPS) is 20.1. The summed E-state index contributed by atoms with van der Waals surface area (Å²) in [6.45, 7) is 6.28. The van der Waals surface area contributed by atoms with Crippen LogP contribution in [0.1, 0.15) is 65.7 Å². The Balaban J connectivity index is 1.82. The van der Waals surface area contributed by atoms with Gasteiger partial charge in [0.1, 0.15) is 5.60 Å². The molecule has 3 N–H and O–H groups in total. The van der Waals surface area contributed by atoms with Crippen LogP contribution in [0.15, 0.2) is 0 Å². The van der Waals surface area contributed by atoms with Crippen molar-refractivity contribution in [2.75, 3.05) is 6.54 Å². The van der Waals surface area contributed by atoms with Crippen molar-refractivity contribution in [1.82, 2.24) is 5.32 Å². The molecule has 0 aromatic carbocycles. The monoisotopic (exact) mass is 364 g/mol. The van der Waals surface area contributed by atoms with Gasteiger partial charge in [0.2, 0.25) is 0 Å². The number of rotatable bonds is 5. The van der Waals surface area contributed by atoms with E-state index in [9.17, 15) is 9.59 Å². The highest BCUT2D eigenvalue weighted by atomic mass is 32.1. The Kier molecular flexibility index (Phi) is 5.21. The summed E-state index contributed by atoms with van der Waals surface area (Å²) >= 11 is 1.58. The zero-order valence-electron chi connectivity index (χ0n) is 15.3. The fraction of sp³-hybridized carbons (Fsp3) is 0.684. The Hall–Kier alpha value is -1.40. The van der Waals surface area contributed by atoms with E-state index in [0.717, 1.165) is 29.8 Å². The van der Waals surface area contributed by atoms with Gasteiger partial charge in [-0.3, -0.25) is 9.59 Å². The number of ether oxygens (including phenoxy) is 1. The lowest BCUT2D eigenvalue weighted by Crippen LogP contribution is -2.31. The van der Waals surface area contributed by atoms with Crippen LogP contribution in [0, 0.1) is 5.92 Å². The van der Waals surface area contributed by atoms with Crippen LogP contribution in [-0.2, 0) is 28.8 Å². The molecule has 138 valence electrons. The van der Waals surface area contributed by atoms with Crippen molar-refractivity contribution < 1.29 is 14.3 Å². The Morgan fingerprint density at radius 3 is 2.64 bits per heavy atom. The maximum Gasteiger partial charge on any atom is 0.311 e. The topological polar surface area (TPSA) is 81.4 Å². The molecule has 2 aliphatic rings. The maximum atomic E-state index is 12.8. The number of nitrogens with one attached hydrogen (secondary N) is 1. The van der Waals surface area contributed by atoms with Crippen molar-refractivity contribution in [3.8, 4) is 0 Å². The quantitative estimate of drug-likeness (QED) is 0.787. The van der Waals surface area contributed by atoms with Crippen LogP contribution in [0.2, 0.25) is 0 Å². The van der Waals surface area contributed by atoms with Gasteiger partial charge in [-0.15, -0.1) is 11.3 Å². The van der Waals surface area contributed by atoms with E-state index in [1.807, 2.05) is 20.8 Å². The average molecular weight is 365 g/mol. The second kappa shape index (κ2) is 7.08. The van der Waals surface area contributed by atoms with Gasteiger partial charge in [0, 0.05) is 22.3 Å². The zero-order chi connectivity index (χ0) is 18.2. The molecule has 1 atom stereocenters. The molecule has 1 saturated carbocycles. The van der Waals surface area contributed by atoms with E-state index >= 15 is 0 Å². The molecule has 0 unspecified atom stereocenters. The third kappa shape index (κ3) is 4.82. The molecule has 0 radical (unpaired) electrons. The molecule has 2 aliphatic carbocycles. The third-order valence-corrected chi connectivity index (χ3v) is 5.86. The van der Waals surface area contributed by atoms with Crippen molar-refractivity contribution in [2.45, 2.75) is 70.9 Å². The van der Waals surface area contributed by atoms with Gasteiger partial charge in [-0.2, -0.15) is 0 Å². The zero-order valence-corrected chi connectivity index (χ0v) is 16.1. The number of carbonyl (C=O) groups excluding carboxylic acids is 2. The third-order valence-electron chi connectivity index (χ3n) is 4.57. The van der Waals surface area contributed by atoms with Gasteiger partial charge in [-0.05, 0) is 64.4 Å². The fourth-order valence-corrected chi connectivity index (χ4v) is 4.55. The Morgan fingerprint density at radius 1 is 1.28 bits per heavy atom. The van der Waals surface area contributed by atoms with Gasteiger partial charge < -0.3 is 15.8 Å². The molecule has 0 spiro atoms. The molecule has 0 saturated heterocycles. The Morgan fingerprint density at radius 2 is 2.00 bits per heavy atom. The lowest BCUT2D eigenvalue weighted by atomic mass is 9.91. The first-order chi connectivity index (χ1) is 11.7. The summed E-state index contributed by atoms with van der Waals surface area (Å²) in [5, 5.41) is 3.05. The van der Waals surface area contributed by atoms with Gasteiger partial charge >= 0.3 is 5.97 Å². The van der Waals surface area contributed by atoms with Crippen LogP contribution in [0.25, 0.3) is 0 Å². The number of fused-ring (bicyclic) bond motifs is 1. The lowest BCUT2D eigenvalue weighted by molar-refractivity contribution is -0.153. The minimum Gasteiger partial charge on any atom is -0.460 e. The minimum absolute atomic E-state index is 0.0583. The van der Waals surface area contributed by atoms with Crippen molar-refractivity contribution in [3.05, 3.63) is 20.9 Å². The second-order valence-electron chi connectivity index (χ2n) is 8.22. The predicted molar refractivity (Wildman–Crippen MR) is 98.9 cm³/mol. The van der Waals surface area contributed by atoms with E-state index in [1.54, 1.807) is 11.3 Å². The van der Waals surface area contributed by atoms with Crippen molar-refractivity contribution in [3.63, 3.8) is 0 Å². The number of carbonyl (C=O) groups is 2. The number of amides is 1. The van der Waals surface area contributed by atoms with E-state index in [4.69, 9.17) is 10.5 Å². The van der Waals surface area contributed by atoms with Crippen LogP contribution < -0.4 is 11.1 Å². The van der Waals surface area contributed by atoms with Gasteiger partial charge in [0.25, 0.3) is 5.91 Å². The molecular weight excluding hydrogens is 336 g/mol. The predicted octanol–water partition coefficient (Wildman–Crippen LogP) is 2.59. The van der Waals surface area contributed by atoms with Crippen LogP contribution in [0.5, 0.6) is 0 Å². The molecule has 1 amide bonds. The summed E-state index contributed by atoms with van der Waals surface area (Å²) in [6.07, 6.45) is 5.07. The Bertz CT molecular complexity index is 671. The molecule has 0 aliphatic heterocycles. The first-order valence-electron chi connectivity index (χ1n) is 9.12. The van der Waals surface area contributed by atoms with Crippen LogP contribution >= 0.6 is 11.3 Å². The van der Waals surface area contributed by atoms with Crippen LogP contribution in [0.4, 0.5) is 0 Å².